The summed E-state index contributed by atoms with van der Waals surface area (Å²) in [4.78, 5) is 4.72. The number of rotatable bonds is 1. The van der Waals surface area contributed by atoms with Crippen LogP contribution >= 0.6 is 12.4 Å². The van der Waals surface area contributed by atoms with Crippen molar-refractivity contribution in [1.29, 1.82) is 0 Å². The Bertz CT molecular complexity index is 769. The van der Waals surface area contributed by atoms with Crippen LogP contribution in [0.15, 0.2) is 29.8 Å². The smallest absolute Gasteiger partial charge is 0.134 e. The van der Waals surface area contributed by atoms with Gasteiger partial charge in [-0.2, -0.15) is 0 Å². The van der Waals surface area contributed by atoms with E-state index < -0.39 is 0 Å². The monoisotopic (exact) mass is 318 g/mol. The molecule has 1 aromatic carbocycles. The Morgan fingerprint density at radius 1 is 1.32 bits per heavy atom. The predicted octanol–water partition coefficient (Wildman–Crippen LogP) is 4.76. The van der Waals surface area contributed by atoms with E-state index in [0.29, 0.717) is 28.4 Å². The number of anilines is 1. The van der Waals surface area contributed by atoms with E-state index in [0.717, 1.165) is 36.9 Å². The number of pyridine rings is 1. The van der Waals surface area contributed by atoms with E-state index >= 15 is 0 Å². The molecule has 0 spiro atoms. The van der Waals surface area contributed by atoms with Gasteiger partial charge in [0.1, 0.15) is 5.82 Å². The van der Waals surface area contributed by atoms with Gasteiger partial charge in [-0.05, 0) is 49.7 Å². The minimum atomic E-state index is -0.260. The number of benzene rings is 1. The number of halogens is 2. The summed E-state index contributed by atoms with van der Waals surface area (Å²) < 4.78 is 14.2. The van der Waals surface area contributed by atoms with Gasteiger partial charge in [0.2, 0.25) is 0 Å². The van der Waals surface area contributed by atoms with Crippen LogP contribution in [0.3, 0.4) is 0 Å². The van der Waals surface area contributed by atoms with E-state index in [1.54, 1.807) is 6.07 Å². The van der Waals surface area contributed by atoms with Gasteiger partial charge in [0.05, 0.1) is 10.9 Å². The Kier molecular flexibility index (Phi) is 3.85. The highest BCUT2D eigenvalue weighted by Crippen LogP contribution is 2.47. The SMILES string of the molecule is CCC1=CC2Cc3nc4cccc(F)c4c(N)c3C(C1)C2.Cl. The van der Waals surface area contributed by atoms with E-state index in [-0.39, 0.29) is 18.2 Å². The Morgan fingerprint density at radius 3 is 2.91 bits per heavy atom. The largest absolute Gasteiger partial charge is 0.398 e. The van der Waals surface area contributed by atoms with Crippen LogP contribution in [0.2, 0.25) is 0 Å². The first kappa shape index (κ1) is 15.3. The van der Waals surface area contributed by atoms with Gasteiger partial charge in [0.15, 0.2) is 0 Å². The summed E-state index contributed by atoms with van der Waals surface area (Å²) in [6.07, 6.45) is 6.63. The van der Waals surface area contributed by atoms with Crippen LogP contribution < -0.4 is 5.73 Å². The molecule has 2 atom stereocenters. The quantitative estimate of drug-likeness (QED) is 0.770. The Morgan fingerprint density at radius 2 is 2.14 bits per heavy atom. The molecule has 0 saturated carbocycles. The zero-order valence-electron chi connectivity index (χ0n) is 12.6. The zero-order valence-corrected chi connectivity index (χ0v) is 13.4. The number of allylic oxidation sites excluding steroid dienone is 2. The van der Waals surface area contributed by atoms with E-state index in [2.05, 4.69) is 13.0 Å². The lowest BCUT2D eigenvalue weighted by Crippen LogP contribution is -2.24. The Labute approximate surface area is 136 Å². The zero-order chi connectivity index (χ0) is 14.6. The standard InChI is InChI=1S/C18H19FN2.ClH/c1-2-10-6-11-8-12(7-10)16-15(9-11)21-14-5-3-4-13(19)17(14)18(16)20;/h3-6,11-12H,2,7-9H2,1H3,(H2,20,21);1H. The van der Waals surface area contributed by atoms with Crippen molar-refractivity contribution in [2.45, 2.75) is 38.5 Å². The van der Waals surface area contributed by atoms with Gasteiger partial charge in [-0.15, -0.1) is 12.4 Å². The van der Waals surface area contributed by atoms with Crippen molar-refractivity contribution in [3.8, 4) is 0 Å². The first-order valence-corrected chi connectivity index (χ1v) is 7.73. The van der Waals surface area contributed by atoms with Crippen molar-refractivity contribution in [3.05, 3.63) is 46.9 Å². The fourth-order valence-corrected chi connectivity index (χ4v) is 4.09. The summed E-state index contributed by atoms with van der Waals surface area (Å²) in [5.74, 6) is 0.726. The molecule has 0 saturated heterocycles. The third-order valence-corrected chi connectivity index (χ3v) is 5.00. The van der Waals surface area contributed by atoms with E-state index in [4.69, 9.17) is 10.7 Å². The molecule has 2 aliphatic carbocycles. The first-order valence-electron chi connectivity index (χ1n) is 7.73. The molecule has 0 radical (unpaired) electrons. The van der Waals surface area contributed by atoms with Crippen LogP contribution in [0.4, 0.5) is 10.1 Å². The molecule has 22 heavy (non-hydrogen) atoms. The number of nitrogens with two attached hydrogens (primary N) is 1. The highest BCUT2D eigenvalue weighted by Gasteiger charge is 2.33. The minimum Gasteiger partial charge on any atom is -0.398 e. The van der Waals surface area contributed by atoms with Gasteiger partial charge < -0.3 is 5.73 Å². The van der Waals surface area contributed by atoms with Crippen LogP contribution in [0.5, 0.6) is 0 Å². The molecule has 0 aliphatic heterocycles. The maximum atomic E-state index is 14.2. The molecular formula is C18H20ClFN2. The molecule has 2 N–H and O–H groups in total. The average Bonchev–Trinajstić information content (AvgIpc) is 2.46. The van der Waals surface area contributed by atoms with Gasteiger partial charge in [0, 0.05) is 16.9 Å². The number of aromatic nitrogens is 1. The van der Waals surface area contributed by atoms with Crippen molar-refractivity contribution in [2.75, 3.05) is 5.73 Å². The molecule has 2 unspecified atom stereocenters. The van der Waals surface area contributed by atoms with Gasteiger partial charge in [-0.25, -0.2) is 4.39 Å². The number of fused-ring (bicyclic) bond motifs is 5. The second kappa shape index (κ2) is 5.54. The van der Waals surface area contributed by atoms with Crippen LogP contribution in [-0.2, 0) is 6.42 Å². The molecule has 1 heterocycles. The molecule has 116 valence electrons. The van der Waals surface area contributed by atoms with E-state index in [9.17, 15) is 4.39 Å². The summed E-state index contributed by atoms with van der Waals surface area (Å²) in [6, 6.07) is 5.03. The predicted molar refractivity (Wildman–Crippen MR) is 90.9 cm³/mol. The average molecular weight is 319 g/mol. The number of hydrogen-bond acceptors (Lipinski definition) is 2. The first-order chi connectivity index (χ1) is 10.2. The van der Waals surface area contributed by atoms with Crippen molar-refractivity contribution in [3.63, 3.8) is 0 Å². The van der Waals surface area contributed by atoms with E-state index in [1.165, 1.54) is 11.6 Å². The van der Waals surface area contributed by atoms with Crippen LogP contribution in [0.1, 0.15) is 43.4 Å². The molecular weight excluding hydrogens is 299 g/mol. The maximum absolute atomic E-state index is 14.2. The summed E-state index contributed by atoms with van der Waals surface area (Å²) >= 11 is 0. The third-order valence-electron chi connectivity index (χ3n) is 5.00. The van der Waals surface area contributed by atoms with Gasteiger partial charge in [-0.1, -0.05) is 24.6 Å². The normalized spacial score (nSPS) is 22.7. The topological polar surface area (TPSA) is 38.9 Å². The van der Waals surface area contributed by atoms with Crippen LogP contribution in [-0.4, -0.2) is 4.98 Å². The minimum absolute atomic E-state index is 0. The molecule has 4 rings (SSSR count). The maximum Gasteiger partial charge on any atom is 0.134 e. The van der Waals surface area contributed by atoms with Crippen molar-refractivity contribution < 1.29 is 4.39 Å². The summed E-state index contributed by atoms with van der Waals surface area (Å²) in [7, 11) is 0. The highest BCUT2D eigenvalue weighted by molar-refractivity contribution is 5.93. The number of hydrogen-bond donors (Lipinski definition) is 1. The summed E-state index contributed by atoms with van der Waals surface area (Å²) in [5, 5.41) is 0.502. The number of nitrogen functional groups attached to an aromatic ring is 1. The fraction of sp³-hybridized carbons (Fsp3) is 0.389. The Hall–Kier alpha value is -1.61. The fourth-order valence-electron chi connectivity index (χ4n) is 4.09. The molecule has 2 aliphatic rings. The second-order valence-electron chi connectivity index (χ2n) is 6.30. The Balaban J connectivity index is 0.00000144. The lowest BCUT2D eigenvalue weighted by atomic mass is 9.70. The van der Waals surface area contributed by atoms with Crippen molar-refractivity contribution in [1.82, 2.24) is 4.98 Å². The summed E-state index contributed by atoms with van der Waals surface area (Å²) in [6.45, 7) is 2.20. The molecule has 0 fully saturated rings. The van der Waals surface area contributed by atoms with Gasteiger partial charge >= 0.3 is 0 Å². The van der Waals surface area contributed by atoms with Crippen LogP contribution in [0.25, 0.3) is 10.9 Å². The summed E-state index contributed by atoms with van der Waals surface area (Å²) in [5.41, 5.74) is 11.4. The highest BCUT2D eigenvalue weighted by atomic mass is 35.5. The van der Waals surface area contributed by atoms with Gasteiger partial charge in [-0.3, -0.25) is 4.98 Å². The van der Waals surface area contributed by atoms with Gasteiger partial charge in [0.25, 0.3) is 0 Å². The molecule has 0 amide bonds. The number of nitrogens with zero attached hydrogens (tertiary/aromatic N) is 1. The second-order valence-corrected chi connectivity index (χ2v) is 6.30. The van der Waals surface area contributed by atoms with Crippen molar-refractivity contribution >= 4 is 29.0 Å². The van der Waals surface area contributed by atoms with Crippen LogP contribution in [0, 0.1) is 11.7 Å². The molecule has 1 aromatic heterocycles. The molecule has 2 aromatic rings. The lowest BCUT2D eigenvalue weighted by molar-refractivity contribution is 0.429. The molecule has 2 bridgehead atoms. The molecule has 2 nitrogen and oxygen atoms in total. The third kappa shape index (κ3) is 2.19. The molecule has 4 heteroatoms. The lowest BCUT2D eigenvalue weighted by Gasteiger charge is -2.35. The van der Waals surface area contributed by atoms with Crippen molar-refractivity contribution in [2.24, 2.45) is 5.92 Å². The van der Waals surface area contributed by atoms with E-state index in [1.807, 2.05) is 6.07 Å².